The monoisotopic (exact) mass is 376 g/mol. The average Bonchev–Trinajstić information content (AvgIpc) is 2.70. The van der Waals surface area contributed by atoms with E-state index in [1.54, 1.807) is 14.2 Å². The van der Waals surface area contributed by atoms with Crippen LogP contribution >= 0.6 is 0 Å². The highest BCUT2D eigenvalue weighted by molar-refractivity contribution is 5.79. The fraction of sp³-hybridized carbons (Fsp3) is 0.667. The number of piperidine rings is 1. The number of methoxy groups -OCH3 is 2. The number of likely N-dealkylation sites (tertiary alicyclic amines) is 1. The van der Waals surface area contributed by atoms with Crippen LogP contribution in [0.4, 0.5) is 0 Å². The van der Waals surface area contributed by atoms with E-state index in [0.29, 0.717) is 0 Å². The van der Waals surface area contributed by atoms with Crippen molar-refractivity contribution in [1.82, 2.24) is 15.1 Å². The van der Waals surface area contributed by atoms with Crippen molar-refractivity contribution in [3.63, 3.8) is 0 Å². The molecule has 1 aromatic carbocycles. The summed E-state index contributed by atoms with van der Waals surface area (Å²) in [6, 6.07) is 6.09. The van der Waals surface area contributed by atoms with Gasteiger partial charge in [0.15, 0.2) is 17.5 Å². The van der Waals surface area contributed by atoms with Gasteiger partial charge in [0.1, 0.15) is 0 Å². The molecule has 1 aliphatic rings. The number of aliphatic imine (C=N–C) groups is 1. The summed E-state index contributed by atoms with van der Waals surface area (Å²) in [5.41, 5.74) is 1.22. The van der Waals surface area contributed by atoms with Crippen molar-refractivity contribution in [2.24, 2.45) is 10.9 Å². The summed E-state index contributed by atoms with van der Waals surface area (Å²) in [6.07, 6.45) is 4.76. The molecule has 6 heteroatoms. The van der Waals surface area contributed by atoms with Crippen LogP contribution in [0.3, 0.4) is 0 Å². The summed E-state index contributed by atoms with van der Waals surface area (Å²) >= 11 is 0. The van der Waals surface area contributed by atoms with E-state index in [-0.39, 0.29) is 0 Å². The van der Waals surface area contributed by atoms with Gasteiger partial charge in [-0.05, 0) is 69.4 Å². The van der Waals surface area contributed by atoms with Crippen LogP contribution in [0.2, 0.25) is 0 Å². The zero-order valence-electron chi connectivity index (χ0n) is 17.6. The van der Waals surface area contributed by atoms with Gasteiger partial charge in [-0.1, -0.05) is 6.07 Å². The maximum absolute atomic E-state index is 5.39. The molecule has 27 heavy (non-hydrogen) atoms. The summed E-state index contributed by atoms with van der Waals surface area (Å²) in [5.74, 6) is 3.34. The van der Waals surface area contributed by atoms with Crippen LogP contribution < -0.4 is 14.8 Å². The molecule has 1 N–H and O–H groups in total. The van der Waals surface area contributed by atoms with Crippen LogP contribution in [-0.4, -0.2) is 77.3 Å². The molecule has 0 saturated carbocycles. The molecule has 0 bridgehead atoms. The van der Waals surface area contributed by atoms with Crippen molar-refractivity contribution in [2.45, 2.75) is 25.7 Å². The van der Waals surface area contributed by atoms with Crippen molar-refractivity contribution < 1.29 is 9.47 Å². The minimum absolute atomic E-state index is 0.765. The molecular formula is C21H36N4O2. The largest absolute Gasteiger partial charge is 0.493 e. The van der Waals surface area contributed by atoms with Crippen LogP contribution in [0.5, 0.6) is 11.5 Å². The van der Waals surface area contributed by atoms with E-state index in [1.807, 2.05) is 19.2 Å². The number of hydrogen-bond donors (Lipinski definition) is 1. The quantitative estimate of drug-likeness (QED) is 0.558. The molecule has 0 radical (unpaired) electrons. The van der Waals surface area contributed by atoms with Crippen molar-refractivity contribution >= 4 is 5.96 Å². The Labute approximate surface area is 164 Å². The number of ether oxygens (including phenoxy) is 2. The Balaban J connectivity index is 1.77. The molecular weight excluding hydrogens is 340 g/mol. The molecule has 6 nitrogen and oxygen atoms in total. The highest BCUT2D eigenvalue weighted by Crippen LogP contribution is 2.27. The zero-order valence-corrected chi connectivity index (χ0v) is 17.6. The van der Waals surface area contributed by atoms with E-state index in [0.717, 1.165) is 42.9 Å². The van der Waals surface area contributed by atoms with E-state index < -0.39 is 0 Å². The van der Waals surface area contributed by atoms with Gasteiger partial charge in [-0.15, -0.1) is 0 Å². The van der Waals surface area contributed by atoms with Gasteiger partial charge in [0.25, 0.3) is 0 Å². The molecule has 1 saturated heterocycles. The van der Waals surface area contributed by atoms with E-state index in [9.17, 15) is 0 Å². The van der Waals surface area contributed by atoms with Gasteiger partial charge in [-0.25, -0.2) is 0 Å². The molecule has 1 heterocycles. The Morgan fingerprint density at radius 1 is 1.22 bits per heavy atom. The third kappa shape index (κ3) is 6.61. The van der Waals surface area contributed by atoms with Crippen molar-refractivity contribution in [3.8, 4) is 11.5 Å². The standard InChI is InChI=1S/C21H36N4O2/c1-22-21(23-12-8-17-9-13-24(2)14-10-17)25(3)15-11-18-6-7-19(26-4)20(16-18)27-5/h6-7,16-17H,8-15H2,1-5H3,(H,22,23). The number of hydrogen-bond acceptors (Lipinski definition) is 4. The summed E-state index contributed by atoms with van der Waals surface area (Å²) in [6.45, 7) is 4.33. The SMILES string of the molecule is CN=C(NCCC1CCN(C)CC1)N(C)CCc1ccc(OC)c(OC)c1. The lowest BCUT2D eigenvalue weighted by molar-refractivity contribution is 0.212. The van der Waals surface area contributed by atoms with E-state index in [2.05, 4.69) is 40.3 Å². The van der Waals surface area contributed by atoms with Crippen molar-refractivity contribution in [2.75, 3.05) is 61.5 Å². The van der Waals surface area contributed by atoms with Crippen LogP contribution in [-0.2, 0) is 6.42 Å². The van der Waals surface area contributed by atoms with Crippen LogP contribution in [0, 0.1) is 5.92 Å². The number of rotatable bonds is 8. The highest BCUT2D eigenvalue weighted by atomic mass is 16.5. The lowest BCUT2D eigenvalue weighted by Crippen LogP contribution is -2.41. The average molecular weight is 377 g/mol. The minimum Gasteiger partial charge on any atom is -0.493 e. The van der Waals surface area contributed by atoms with Gasteiger partial charge in [0.05, 0.1) is 14.2 Å². The molecule has 0 aromatic heterocycles. The Hall–Kier alpha value is -1.95. The zero-order chi connectivity index (χ0) is 19.6. The van der Waals surface area contributed by atoms with Crippen LogP contribution in [0.1, 0.15) is 24.8 Å². The second-order valence-corrected chi connectivity index (χ2v) is 7.37. The number of nitrogens with zero attached hydrogens (tertiary/aromatic N) is 3. The van der Waals surface area contributed by atoms with Gasteiger partial charge in [-0.2, -0.15) is 0 Å². The molecule has 1 fully saturated rings. The van der Waals surface area contributed by atoms with Crippen molar-refractivity contribution in [1.29, 1.82) is 0 Å². The summed E-state index contributed by atoms with van der Waals surface area (Å²) in [4.78, 5) is 9.04. The maximum atomic E-state index is 5.39. The first-order valence-corrected chi connectivity index (χ1v) is 9.88. The second kappa shape index (κ2) is 11.0. The molecule has 0 spiro atoms. The van der Waals surface area contributed by atoms with E-state index >= 15 is 0 Å². The minimum atomic E-state index is 0.765. The number of nitrogens with one attached hydrogen (secondary N) is 1. The first-order chi connectivity index (χ1) is 13.1. The lowest BCUT2D eigenvalue weighted by atomic mass is 9.94. The normalized spacial score (nSPS) is 16.3. The molecule has 152 valence electrons. The van der Waals surface area contributed by atoms with Gasteiger partial charge >= 0.3 is 0 Å². The fourth-order valence-electron chi connectivity index (χ4n) is 3.56. The first kappa shape index (κ1) is 21.4. The summed E-state index contributed by atoms with van der Waals surface area (Å²) in [5, 5.41) is 3.52. The molecule has 1 aliphatic heterocycles. The molecule has 0 aliphatic carbocycles. The number of guanidine groups is 1. The Kier molecular flexibility index (Phi) is 8.72. The Morgan fingerprint density at radius 3 is 2.56 bits per heavy atom. The maximum Gasteiger partial charge on any atom is 0.193 e. The van der Waals surface area contributed by atoms with Gasteiger partial charge in [0, 0.05) is 27.2 Å². The van der Waals surface area contributed by atoms with E-state index in [1.165, 1.54) is 37.9 Å². The third-order valence-electron chi connectivity index (χ3n) is 5.43. The van der Waals surface area contributed by atoms with Gasteiger partial charge < -0.3 is 24.6 Å². The lowest BCUT2D eigenvalue weighted by Gasteiger charge is -2.29. The summed E-state index contributed by atoms with van der Waals surface area (Å²) < 4.78 is 10.7. The predicted octanol–water partition coefficient (Wildman–Crippen LogP) is 2.49. The highest BCUT2D eigenvalue weighted by Gasteiger charge is 2.16. The Morgan fingerprint density at radius 2 is 1.93 bits per heavy atom. The number of benzene rings is 1. The van der Waals surface area contributed by atoms with Gasteiger partial charge in [-0.3, -0.25) is 4.99 Å². The number of likely N-dealkylation sites (N-methyl/N-ethyl adjacent to an activating group) is 1. The Bertz CT molecular complexity index is 598. The van der Waals surface area contributed by atoms with Crippen molar-refractivity contribution in [3.05, 3.63) is 23.8 Å². The van der Waals surface area contributed by atoms with E-state index in [4.69, 9.17) is 9.47 Å². The third-order valence-corrected chi connectivity index (χ3v) is 5.43. The van der Waals surface area contributed by atoms with Crippen LogP contribution in [0.15, 0.2) is 23.2 Å². The molecule has 2 rings (SSSR count). The fourth-order valence-corrected chi connectivity index (χ4v) is 3.56. The van der Waals surface area contributed by atoms with Gasteiger partial charge in [0.2, 0.25) is 0 Å². The molecule has 0 atom stereocenters. The molecule has 0 unspecified atom stereocenters. The topological polar surface area (TPSA) is 49.3 Å². The predicted molar refractivity (Wildman–Crippen MR) is 112 cm³/mol. The first-order valence-electron chi connectivity index (χ1n) is 9.88. The molecule has 1 aromatic rings. The second-order valence-electron chi connectivity index (χ2n) is 7.37. The van der Waals surface area contributed by atoms with Crippen LogP contribution in [0.25, 0.3) is 0 Å². The molecule has 0 amide bonds. The summed E-state index contributed by atoms with van der Waals surface area (Å²) in [7, 11) is 9.48. The smallest absolute Gasteiger partial charge is 0.193 e.